The van der Waals surface area contributed by atoms with Crippen LogP contribution in [0.4, 0.5) is 4.79 Å². The van der Waals surface area contributed by atoms with Gasteiger partial charge in [-0.15, -0.1) is 0 Å². The number of carbonyl (C=O) groups excluding carboxylic acids is 1. The van der Waals surface area contributed by atoms with Crippen LogP contribution in [0.1, 0.15) is 26.7 Å². The van der Waals surface area contributed by atoms with Crippen LogP contribution in [0.5, 0.6) is 0 Å². The van der Waals surface area contributed by atoms with Crippen molar-refractivity contribution in [3.63, 3.8) is 0 Å². The van der Waals surface area contributed by atoms with E-state index in [1.807, 2.05) is 4.72 Å². The van der Waals surface area contributed by atoms with E-state index in [2.05, 4.69) is 4.90 Å². The standard InChI is InChI=1S/C12H26N4O4S/c1-11(2)20-12(17)14-21(18,19)16-8-4-7-15(9-10-16)6-3-5-13/h11H,3-10,13H2,1-2H3,(H,14,17). The lowest BCUT2D eigenvalue weighted by Crippen LogP contribution is -2.45. The molecule has 1 amide bonds. The average molecular weight is 322 g/mol. The van der Waals surface area contributed by atoms with Gasteiger partial charge in [-0.2, -0.15) is 12.7 Å². The van der Waals surface area contributed by atoms with Crippen LogP contribution in [0.2, 0.25) is 0 Å². The van der Waals surface area contributed by atoms with E-state index in [1.54, 1.807) is 13.8 Å². The number of nitrogens with zero attached hydrogens (tertiary/aromatic N) is 2. The van der Waals surface area contributed by atoms with Gasteiger partial charge in [-0.1, -0.05) is 0 Å². The van der Waals surface area contributed by atoms with Gasteiger partial charge in [0.05, 0.1) is 6.10 Å². The molecular weight excluding hydrogens is 296 g/mol. The highest BCUT2D eigenvalue weighted by Crippen LogP contribution is 2.07. The fourth-order valence-electron chi connectivity index (χ4n) is 2.13. The molecule has 0 radical (unpaired) electrons. The smallest absolute Gasteiger partial charge is 0.422 e. The van der Waals surface area contributed by atoms with Gasteiger partial charge in [0.15, 0.2) is 0 Å². The normalized spacial score (nSPS) is 18.5. The van der Waals surface area contributed by atoms with Gasteiger partial charge in [-0.05, 0) is 46.3 Å². The zero-order valence-corrected chi connectivity index (χ0v) is 13.6. The number of nitrogens with two attached hydrogens (primary N) is 1. The molecule has 0 spiro atoms. The summed E-state index contributed by atoms with van der Waals surface area (Å²) < 4.78 is 32.3. The van der Waals surface area contributed by atoms with Crippen LogP contribution >= 0.6 is 0 Å². The minimum absolute atomic E-state index is 0.356. The van der Waals surface area contributed by atoms with E-state index in [4.69, 9.17) is 10.5 Å². The molecule has 1 aliphatic rings. The zero-order valence-electron chi connectivity index (χ0n) is 12.7. The highest BCUT2D eigenvalue weighted by Gasteiger charge is 2.27. The molecule has 0 aromatic rings. The van der Waals surface area contributed by atoms with E-state index in [1.165, 1.54) is 4.31 Å². The summed E-state index contributed by atoms with van der Waals surface area (Å²) in [5.41, 5.74) is 5.48. The summed E-state index contributed by atoms with van der Waals surface area (Å²) in [4.78, 5) is 13.6. The van der Waals surface area contributed by atoms with Gasteiger partial charge in [0.1, 0.15) is 0 Å². The van der Waals surface area contributed by atoms with Crippen LogP contribution < -0.4 is 10.5 Å². The first-order valence-electron chi connectivity index (χ1n) is 7.26. The van der Waals surface area contributed by atoms with Crippen LogP contribution in [0.3, 0.4) is 0 Å². The predicted molar refractivity (Wildman–Crippen MR) is 80.0 cm³/mol. The summed E-state index contributed by atoms with van der Waals surface area (Å²) in [6.45, 7) is 7.04. The maximum absolute atomic E-state index is 12.1. The molecule has 0 aromatic heterocycles. The Morgan fingerprint density at radius 2 is 2.00 bits per heavy atom. The van der Waals surface area contributed by atoms with Crippen LogP contribution in [0, 0.1) is 0 Å². The maximum atomic E-state index is 12.1. The lowest BCUT2D eigenvalue weighted by molar-refractivity contribution is 0.121. The molecule has 1 saturated heterocycles. The van der Waals surface area contributed by atoms with Crippen LogP contribution in [-0.4, -0.2) is 69.1 Å². The van der Waals surface area contributed by atoms with Crippen LogP contribution in [-0.2, 0) is 14.9 Å². The number of nitrogens with one attached hydrogen (secondary N) is 1. The molecule has 3 N–H and O–H groups in total. The predicted octanol–water partition coefficient (Wildman–Crippen LogP) is -0.278. The highest BCUT2D eigenvalue weighted by molar-refractivity contribution is 7.87. The van der Waals surface area contributed by atoms with Crippen LogP contribution in [0.25, 0.3) is 0 Å². The van der Waals surface area contributed by atoms with Gasteiger partial charge in [0, 0.05) is 19.6 Å². The molecular formula is C12H26N4O4S. The zero-order chi connectivity index (χ0) is 15.9. The van der Waals surface area contributed by atoms with Gasteiger partial charge >= 0.3 is 16.3 Å². The monoisotopic (exact) mass is 322 g/mol. The topological polar surface area (TPSA) is 105 Å². The number of hydrogen-bond donors (Lipinski definition) is 2. The van der Waals surface area contributed by atoms with Crippen molar-refractivity contribution in [1.82, 2.24) is 13.9 Å². The molecule has 124 valence electrons. The summed E-state index contributed by atoms with van der Waals surface area (Å²) >= 11 is 0. The van der Waals surface area contributed by atoms with Crippen molar-refractivity contribution < 1.29 is 17.9 Å². The number of amides is 1. The van der Waals surface area contributed by atoms with E-state index >= 15 is 0 Å². The summed E-state index contributed by atoms with van der Waals surface area (Å²) in [5, 5.41) is 0. The minimum atomic E-state index is -3.84. The van der Waals surface area contributed by atoms with Crippen molar-refractivity contribution >= 4 is 16.3 Å². The van der Waals surface area contributed by atoms with Crippen molar-refractivity contribution in [2.24, 2.45) is 5.73 Å². The first-order valence-corrected chi connectivity index (χ1v) is 8.70. The van der Waals surface area contributed by atoms with E-state index in [0.717, 1.165) is 25.9 Å². The summed E-state index contributed by atoms with van der Waals surface area (Å²) in [5.74, 6) is 0. The van der Waals surface area contributed by atoms with Gasteiger partial charge in [-0.25, -0.2) is 9.52 Å². The summed E-state index contributed by atoms with van der Waals surface area (Å²) in [6.07, 6.45) is 0.321. The third-order valence-electron chi connectivity index (χ3n) is 3.12. The molecule has 0 bridgehead atoms. The molecule has 8 nitrogen and oxygen atoms in total. The Hall–Kier alpha value is -0.900. The van der Waals surface area contributed by atoms with Crippen molar-refractivity contribution in [3.05, 3.63) is 0 Å². The number of hydrogen-bond acceptors (Lipinski definition) is 6. The Morgan fingerprint density at radius 3 is 2.62 bits per heavy atom. The molecule has 0 saturated carbocycles. The Kier molecular flexibility index (Phi) is 7.36. The molecule has 1 heterocycles. The average Bonchev–Trinajstić information content (AvgIpc) is 2.60. The van der Waals surface area contributed by atoms with Gasteiger partial charge in [-0.3, -0.25) is 0 Å². The first kappa shape index (κ1) is 18.1. The first-order chi connectivity index (χ1) is 9.85. The third kappa shape index (κ3) is 6.60. The minimum Gasteiger partial charge on any atom is -0.446 e. The molecule has 0 aromatic carbocycles. The van der Waals surface area contributed by atoms with E-state index in [0.29, 0.717) is 26.2 Å². The SMILES string of the molecule is CC(C)OC(=O)NS(=O)(=O)N1CCCN(CCCN)CC1. The van der Waals surface area contributed by atoms with E-state index < -0.39 is 16.3 Å². The number of rotatable bonds is 6. The quantitative estimate of drug-likeness (QED) is 0.697. The molecule has 21 heavy (non-hydrogen) atoms. The Bertz CT molecular complexity index is 427. The molecule has 1 rings (SSSR count). The van der Waals surface area contributed by atoms with Crippen molar-refractivity contribution in [2.75, 3.05) is 39.3 Å². The molecule has 0 unspecified atom stereocenters. The largest absolute Gasteiger partial charge is 0.446 e. The molecule has 1 fully saturated rings. The molecule has 0 atom stereocenters. The Balaban J connectivity index is 2.53. The highest BCUT2D eigenvalue weighted by atomic mass is 32.2. The molecule has 9 heteroatoms. The molecule has 1 aliphatic heterocycles. The van der Waals surface area contributed by atoms with Gasteiger partial charge < -0.3 is 15.4 Å². The summed E-state index contributed by atoms with van der Waals surface area (Å²) in [6, 6.07) is 0. The van der Waals surface area contributed by atoms with Crippen molar-refractivity contribution in [1.29, 1.82) is 0 Å². The van der Waals surface area contributed by atoms with E-state index in [9.17, 15) is 13.2 Å². The number of ether oxygens (including phenoxy) is 1. The Morgan fingerprint density at radius 1 is 1.29 bits per heavy atom. The fourth-order valence-corrected chi connectivity index (χ4v) is 3.21. The second-order valence-corrected chi connectivity index (χ2v) is 6.97. The van der Waals surface area contributed by atoms with Crippen molar-refractivity contribution in [3.8, 4) is 0 Å². The second kappa shape index (κ2) is 8.52. The van der Waals surface area contributed by atoms with E-state index in [-0.39, 0.29) is 6.10 Å². The lowest BCUT2D eigenvalue weighted by Gasteiger charge is -2.21. The number of carbonyl (C=O) groups is 1. The van der Waals surface area contributed by atoms with Gasteiger partial charge in [0.25, 0.3) is 0 Å². The maximum Gasteiger partial charge on any atom is 0.422 e. The van der Waals surface area contributed by atoms with Crippen molar-refractivity contribution in [2.45, 2.75) is 32.8 Å². The fraction of sp³-hybridized carbons (Fsp3) is 0.917. The van der Waals surface area contributed by atoms with Gasteiger partial charge in [0.2, 0.25) is 0 Å². The van der Waals surface area contributed by atoms with Crippen LogP contribution in [0.15, 0.2) is 0 Å². The lowest BCUT2D eigenvalue weighted by atomic mass is 10.3. The Labute approximate surface area is 126 Å². The molecule has 0 aliphatic carbocycles. The second-order valence-electron chi connectivity index (χ2n) is 5.30. The third-order valence-corrected chi connectivity index (χ3v) is 4.59. The summed E-state index contributed by atoms with van der Waals surface area (Å²) in [7, 11) is -3.84.